The number of nitrogens with one attached hydrogen (secondary N) is 1. The molecule has 0 radical (unpaired) electrons. The SMILES string of the molecule is COC(=O)C(C)(C)CCOc1cc(Cl)ccc1C(Nc1cc(OC)cc(-n2cncn2)c1)C(=O)N1CCc2ccc(OC(F)(F)F)cc21. The van der Waals surface area contributed by atoms with E-state index in [0.717, 1.165) is 0 Å². The van der Waals surface area contributed by atoms with Crippen LogP contribution in [0.2, 0.25) is 5.02 Å². The standard InChI is InChI=1S/C33H33ClF3N5O6/c1-32(2,31(44)46-4)10-12-47-28-13-21(34)6-8-26(28)29(40-22-14-23(16-25(15-22)45-3)42-19-38-18-39-42)30(43)41-11-9-20-5-7-24(17-27(20)41)48-33(35,36)37/h5-8,13-19,29,40H,9-12H2,1-4H3. The summed E-state index contributed by atoms with van der Waals surface area (Å²) in [6, 6.07) is 12.7. The van der Waals surface area contributed by atoms with E-state index < -0.39 is 35.4 Å². The molecule has 1 aliphatic rings. The number of nitrogens with zero attached hydrogens (tertiary/aromatic N) is 4. The zero-order chi connectivity index (χ0) is 34.6. The summed E-state index contributed by atoms with van der Waals surface area (Å²) < 4.78 is 61.5. The Labute approximate surface area is 279 Å². The van der Waals surface area contributed by atoms with Crippen molar-refractivity contribution in [2.24, 2.45) is 5.41 Å². The van der Waals surface area contributed by atoms with E-state index in [0.29, 0.717) is 45.4 Å². The van der Waals surface area contributed by atoms with Crippen molar-refractivity contribution in [1.82, 2.24) is 14.8 Å². The van der Waals surface area contributed by atoms with Gasteiger partial charge in [-0.05, 0) is 56.5 Å². The van der Waals surface area contributed by atoms with E-state index in [1.54, 1.807) is 50.2 Å². The van der Waals surface area contributed by atoms with Crippen molar-refractivity contribution in [3.8, 4) is 22.9 Å². The van der Waals surface area contributed by atoms with Crippen molar-refractivity contribution >= 4 is 34.9 Å². The highest BCUT2D eigenvalue weighted by Gasteiger charge is 2.36. The van der Waals surface area contributed by atoms with Crippen molar-refractivity contribution in [1.29, 1.82) is 0 Å². The van der Waals surface area contributed by atoms with Crippen molar-refractivity contribution in [3.05, 3.63) is 83.4 Å². The minimum absolute atomic E-state index is 0.0800. The molecule has 5 rings (SSSR count). The van der Waals surface area contributed by atoms with Gasteiger partial charge in [-0.1, -0.05) is 23.7 Å². The number of methoxy groups -OCH3 is 2. The van der Waals surface area contributed by atoms with E-state index in [4.69, 9.17) is 25.8 Å². The lowest BCUT2D eigenvalue weighted by Gasteiger charge is -2.28. The second kappa shape index (κ2) is 14.0. The van der Waals surface area contributed by atoms with Crippen LogP contribution < -0.4 is 24.4 Å². The summed E-state index contributed by atoms with van der Waals surface area (Å²) in [7, 11) is 2.80. The Morgan fingerprint density at radius 3 is 2.52 bits per heavy atom. The van der Waals surface area contributed by atoms with Crippen LogP contribution in [-0.4, -0.2) is 60.4 Å². The third-order valence-electron chi connectivity index (χ3n) is 7.83. The zero-order valence-corrected chi connectivity index (χ0v) is 27.3. The van der Waals surface area contributed by atoms with Crippen LogP contribution in [0, 0.1) is 5.41 Å². The topological polar surface area (TPSA) is 117 Å². The Bertz CT molecular complexity index is 1780. The summed E-state index contributed by atoms with van der Waals surface area (Å²) in [4.78, 5) is 32.2. The van der Waals surface area contributed by atoms with Crippen LogP contribution in [0.5, 0.6) is 17.2 Å². The maximum absolute atomic E-state index is 14.6. The largest absolute Gasteiger partial charge is 0.573 e. The predicted octanol–water partition coefficient (Wildman–Crippen LogP) is 6.54. The van der Waals surface area contributed by atoms with Crippen LogP contribution >= 0.6 is 11.6 Å². The van der Waals surface area contributed by atoms with Gasteiger partial charge in [-0.15, -0.1) is 13.2 Å². The molecule has 0 aliphatic carbocycles. The van der Waals surface area contributed by atoms with Crippen molar-refractivity contribution in [3.63, 3.8) is 0 Å². The quantitative estimate of drug-likeness (QED) is 0.166. The monoisotopic (exact) mass is 687 g/mol. The maximum atomic E-state index is 14.6. The Morgan fingerprint density at radius 1 is 1.04 bits per heavy atom. The number of amides is 1. The van der Waals surface area contributed by atoms with E-state index in [1.807, 2.05) is 0 Å². The molecule has 1 aromatic heterocycles. The molecule has 0 saturated heterocycles. The van der Waals surface area contributed by atoms with Gasteiger partial charge in [0.2, 0.25) is 0 Å². The fraction of sp³-hybridized carbons (Fsp3) is 0.333. The van der Waals surface area contributed by atoms with Crippen LogP contribution in [0.25, 0.3) is 5.69 Å². The molecular weight excluding hydrogens is 655 g/mol. The molecule has 0 saturated carbocycles. The molecule has 1 amide bonds. The summed E-state index contributed by atoms with van der Waals surface area (Å²) in [5, 5.41) is 7.80. The van der Waals surface area contributed by atoms with Gasteiger partial charge in [0.15, 0.2) is 0 Å². The molecule has 1 unspecified atom stereocenters. The molecular formula is C33H33ClF3N5O6. The molecule has 0 bridgehead atoms. The maximum Gasteiger partial charge on any atom is 0.573 e. The first-order chi connectivity index (χ1) is 22.8. The van der Waals surface area contributed by atoms with Crippen molar-refractivity contribution in [2.45, 2.75) is 39.1 Å². The van der Waals surface area contributed by atoms with Crippen LogP contribution in [0.3, 0.4) is 0 Å². The highest BCUT2D eigenvalue weighted by Crippen LogP contribution is 2.39. The van der Waals surface area contributed by atoms with E-state index in [9.17, 15) is 22.8 Å². The Morgan fingerprint density at radius 2 is 1.83 bits per heavy atom. The van der Waals surface area contributed by atoms with E-state index in [-0.39, 0.29) is 25.3 Å². The summed E-state index contributed by atoms with van der Waals surface area (Å²) in [5.74, 6) is -0.615. The molecule has 48 heavy (non-hydrogen) atoms. The van der Waals surface area contributed by atoms with Crippen LogP contribution in [0.15, 0.2) is 67.3 Å². The first-order valence-corrected chi connectivity index (χ1v) is 15.2. The van der Waals surface area contributed by atoms with Gasteiger partial charge in [0.25, 0.3) is 5.91 Å². The molecule has 4 aromatic rings. The third kappa shape index (κ3) is 7.93. The number of hydrogen-bond donors (Lipinski definition) is 1. The smallest absolute Gasteiger partial charge is 0.497 e. The zero-order valence-electron chi connectivity index (χ0n) is 26.5. The molecule has 11 nitrogen and oxygen atoms in total. The van der Waals surface area contributed by atoms with Gasteiger partial charge >= 0.3 is 12.3 Å². The number of anilines is 2. The van der Waals surface area contributed by atoms with Crippen LogP contribution in [0.1, 0.15) is 37.4 Å². The fourth-order valence-electron chi connectivity index (χ4n) is 5.30. The highest BCUT2D eigenvalue weighted by molar-refractivity contribution is 6.30. The van der Waals surface area contributed by atoms with Gasteiger partial charge in [0, 0.05) is 41.0 Å². The third-order valence-corrected chi connectivity index (χ3v) is 8.06. The van der Waals surface area contributed by atoms with E-state index in [2.05, 4.69) is 20.1 Å². The minimum Gasteiger partial charge on any atom is -0.497 e. The molecule has 2 heterocycles. The number of alkyl halides is 3. The molecule has 1 N–H and O–H groups in total. The number of ether oxygens (including phenoxy) is 4. The van der Waals surface area contributed by atoms with Gasteiger partial charge in [-0.2, -0.15) is 5.10 Å². The molecule has 15 heteroatoms. The van der Waals surface area contributed by atoms with Crippen molar-refractivity contribution in [2.75, 3.05) is 37.6 Å². The number of hydrogen-bond acceptors (Lipinski definition) is 9. The van der Waals surface area contributed by atoms with Gasteiger partial charge in [-0.3, -0.25) is 9.59 Å². The van der Waals surface area contributed by atoms with E-state index in [1.165, 1.54) is 54.7 Å². The number of esters is 1. The second-order valence-corrected chi connectivity index (χ2v) is 12.0. The summed E-state index contributed by atoms with van der Waals surface area (Å²) in [6.07, 6.45) is -1.32. The van der Waals surface area contributed by atoms with Gasteiger partial charge < -0.3 is 29.2 Å². The lowest BCUT2D eigenvalue weighted by molar-refractivity contribution is -0.274. The Hall–Kier alpha value is -4.98. The van der Waals surface area contributed by atoms with Gasteiger partial charge in [0.05, 0.1) is 37.6 Å². The lowest BCUT2D eigenvalue weighted by atomic mass is 9.90. The van der Waals surface area contributed by atoms with E-state index >= 15 is 0 Å². The minimum atomic E-state index is -4.90. The average Bonchev–Trinajstić information content (AvgIpc) is 3.73. The first-order valence-electron chi connectivity index (χ1n) is 14.8. The first kappa shape index (κ1) is 34.4. The van der Waals surface area contributed by atoms with Crippen LogP contribution in [0.4, 0.5) is 24.5 Å². The molecule has 0 spiro atoms. The molecule has 1 atom stereocenters. The number of halogens is 4. The summed E-state index contributed by atoms with van der Waals surface area (Å²) in [5.41, 5.74) is 1.55. The number of benzene rings is 3. The molecule has 254 valence electrons. The number of fused-ring (bicyclic) bond motifs is 1. The number of carbonyl (C=O) groups excluding carboxylic acids is 2. The number of carbonyl (C=O) groups is 2. The second-order valence-electron chi connectivity index (χ2n) is 11.6. The molecule has 1 aliphatic heterocycles. The van der Waals surface area contributed by atoms with Crippen LogP contribution in [-0.2, 0) is 20.7 Å². The average molecular weight is 688 g/mol. The molecule has 3 aromatic carbocycles. The Kier molecular flexibility index (Phi) is 10.0. The summed E-state index contributed by atoms with van der Waals surface area (Å²) in [6.45, 7) is 3.75. The molecule has 0 fully saturated rings. The van der Waals surface area contributed by atoms with Gasteiger partial charge in [-0.25, -0.2) is 9.67 Å². The predicted molar refractivity (Wildman–Crippen MR) is 171 cm³/mol. The lowest BCUT2D eigenvalue weighted by Crippen LogP contribution is -2.37. The highest BCUT2D eigenvalue weighted by atomic mass is 35.5. The number of aromatic nitrogens is 3. The van der Waals surface area contributed by atoms with Gasteiger partial charge in [0.1, 0.15) is 35.9 Å². The Balaban J connectivity index is 1.55. The normalized spacial score (nSPS) is 13.5. The fourth-order valence-corrected chi connectivity index (χ4v) is 5.47. The number of rotatable bonds is 12. The summed E-state index contributed by atoms with van der Waals surface area (Å²) >= 11 is 6.38. The van der Waals surface area contributed by atoms with Crippen molar-refractivity contribution < 1.29 is 41.7 Å².